The van der Waals surface area contributed by atoms with Gasteiger partial charge >= 0.3 is 0 Å². The Morgan fingerprint density at radius 3 is 2.79 bits per heavy atom. The number of nitrogens with zero attached hydrogens (tertiary/aromatic N) is 1. The van der Waals surface area contributed by atoms with Crippen LogP contribution in [-0.2, 0) is 4.79 Å². The van der Waals surface area contributed by atoms with Crippen LogP contribution in [0.25, 0.3) is 0 Å². The molecule has 0 amide bonds. The molecule has 0 N–H and O–H groups in total. The average molecular weight is 205 g/mol. The summed E-state index contributed by atoms with van der Waals surface area (Å²) in [5, 5.41) is 0. The second-order valence-electron chi connectivity index (χ2n) is 3.23. The van der Waals surface area contributed by atoms with Crippen molar-refractivity contribution in [1.29, 1.82) is 0 Å². The topological polar surface area (TPSA) is 20.3 Å². The van der Waals surface area contributed by atoms with Gasteiger partial charge in [0.2, 0.25) is 0 Å². The van der Waals surface area contributed by atoms with Crippen molar-refractivity contribution in [3.63, 3.8) is 0 Å². The molecule has 1 aliphatic heterocycles. The van der Waals surface area contributed by atoms with Crippen LogP contribution in [0.1, 0.15) is 6.92 Å². The minimum Gasteiger partial charge on any atom is -0.349 e. The normalized spacial score (nSPS) is 14.7. The molecular formula is C11H11NOS. The highest BCUT2D eigenvalue weighted by molar-refractivity contribution is 8.04. The zero-order chi connectivity index (χ0) is 10.1. The van der Waals surface area contributed by atoms with Crippen molar-refractivity contribution < 1.29 is 4.79 Å². The molecule has 1 heterocycles. The first-order chi connectivity index (χ1) is 6.68. The second kappa shape index (κ2) is 3.50. The van der Waals surface area contributed by atoms with Gasteiger partial charge in [-0.05, 0) is 19.1 Å². The van der Waals surface area contributed by atoms with Gasteiger partial charge < -0.3 is 4.90 Å². The van der Waals surface area contributed by atoms with Gasteiger partial charge in [-0.1, -0.05) is 23.9 Å². The van der Waals surface area contributed by atoms with Crippen molar-refractivity contribution in [2.45, 2.75) is 11.8 Å². The van der Waals surface area contributed by atoms with Gasteiger partial charge in [0.1, 0.15) is 0 Å². The maximum atomic E-state index is 11.2. The second-order valence-corrected chi connectivity index (χ2v) is 4.31. The monoisotopic (exact) mass is 205 g/mol. The van der Waals surface area contributed by atoms with Gasteiger partial charge in [-0.3, -0.25) is 4.79 Å². The lowest BCUT2D eigenvalue weighted by Crippen LogP contribution is -2.15. The Kier molecular flexibility index (Phi) is 2.33. The van der Waals surface area contributed by atoms with Gasteiger partial charge in [0, 0.05) is 18.1 Å². The van der Waals surface area contributed by atoms with E-state index >= 15 is 0 Å². The third-order valence-corrected chi connectivity index (χ3v) is 3.30. The number of hydrogen-bond acceptors (Lipinski definition) is 3. The van der Waals surface area contributed by atoms with E-state index in [4.69, 9.17) is 0 Å². The number of benzene rings is 1. The fourth-order valence-electron chi connectivity index (χ4n) is 1.39. The van der Waals surface area contributed by atoms with E-state index in [0.717, 1.165) is 15.5 Å². The summed E-state index contributed by atoms with van der Waals surface area (Å²) < 4.78 is 0. The first-order valence-corrected chi connectivity index (χ1v) is 5.22. The summed E-state index contributed by atoms with van der Waals surface area (Å²) >= 11 is 1.54. The SMILES string of the molecule is CC(=O)C1=CN(C)c2ccccc2S1. The number of para-hydroxylation sites is 1. The number of thioether (sulfide) groups is 1. The Hall–Kier alpha value is -1.22. The molecule has 72 valence electrons. The van der Waals surface area contributed by atoms with E-state index in [0.29, 0.717) is 0 Å². The molecule has 0 bridgehead atoms. The molecule has 0 aliphatic carbocycles. The van der Waals surface area contributed by atoms with Crippen LogP contribution >= 0.6 is 11.8 Å². The summed E-state index contributed by atoms with van der Waals surface area (Å²) in [7, 11) is 1.96. The zero-order valence-electron chi connectivity index (χ0n) is 8.15. The summed E-state index contributed by atoms with van der Waals surface area (Å²) in [5.74, 6) is 0.122. The van der Waals surface area contributed by atoms with Gasteiger partial charge in [0.15, 0.2) is 5.78 Å². The van der Waals surface area contributed by atoms with Crippen molar-refractivity contribution in [2.24, 2.45) is 0 Å². The van der Waals surface area contributed by atoms with Gasteiger partial charge in [-0.25, -0.2) is 0 Å². The van der Waals surface area contributed by atoms with Crippen LogP contribution in [0.15, 0.2) is 40.3 Å². The fraction of sp³-hybridized carbons (Fsp3) is 0.182. The van der Waals surface area contributed by atoms with Crippen molar-refractivity contribution in [3.8, 4) is 0 Å². The molecule has 2 rings (SSSR count). The molecule has 1 aromatic rings. The highest BCUT2D eigenvalue weighted by atomic mass is 32.2. The highest BCUT2D eigenvalue weighted by Crippen LogP contribution is 2.39. The Morgan fingerprint density at radius 1 is 1.36 bits per heavy atom. The van der Waals surface area contributed by atoms with Crippen molar-refractivity contribution >= 4 is 23.2 Å². The summed E-state index contributed by atoms with van der Waals surface area (Å²) in [6.07, 6.45) is 1.88. The third kappa shape index (κ3) is 1.55. The van der Waals surface area contributed by atoms with Crippen LogP contribution in [0, 0.1) is 0 Å². The van der Waals surface area contributed by atoms with Gasteiger partial charge in [0.05, 0.1) is 10.6 Å². The molecule has 1 aromatic carbocycles. The number of Topliss-reactive ketones (excluding diaryl/α,β-unsaturated/α-hetero) is 1. The van der Waals surface area contributed by atoms with Crippen LogP contribution in [-0.4, -0.2) is 12.8 Å². The van der Waals surface area contributed by atoms with Crippen LogP contribution in [0.4, 0.5) is 5.69 Å². The van der Waals surface area contributed by atoms with Crippen LogP contribution in [0.5, 0.6) is 0 Å². The number of allylic oxidation sites excluding steroid dienone is 1. The quantitative estimate of drug-likeness (QED) is 0.703. The number of ketones is 1. The standard InChI is InChI=1S/C11H11NOS/c1-8(13)11-7-12(2)9-5-3-4-6-10(9)14-11/h3-7H,1-2H3. The Labute approximate surface area is 87.6 Å². The van der Waals surface area contributed by atoms with Gasteiger partial charge in [-0.2, -0.15) is 0 Å². The predicted octanol–water partition coefficient (Wildman–Crippen LogP) is 2.66. The van der Waals surface area contributed by atoms with E-state index in [1.54, 1.807) is 6.92 Å². The van der Waals surface area contributed by atoms with E-state index in [9.17, 15) is 4.79 Å². The van der Waals surface area contributed by atoms with Crippen molar-refractivity contribution in [1.82, 2.24) is 0 Å². The largest absolute Gasteiger partial charge is 0.349 e. The molecule has 3 heteroatoms. The summed E-state index contributed by atoms with van der Waals surface area (Å²) in [5.41, 5.74) is 1.16. The van der Waals surface area contributed by atoms with Gasteiger partial charge in [0.25, 0.3) is 0 Å². The molecule has 14 heavy (non-hydrogen) atoms. The molecule has 0 saturated heterocycles. The molecule has 1 aliphatic rings. The molecule has 0 spiro atoms. The molecule has 0 aromatic heterocycles. The highest BCUT2D eigenvalue weighted by Gasteiger charge is 2.17. The molecule has 0 unspecified atom stereocenters. The fourth-order valence-corrected chi connectivity index (χ4v) is 2.44. The number of anilines is 1. The number of carbonyl (C=O) groups is 1. The van der Waals surface area contributed by atoms with E-state index in [1.807, 2.05) is 36.3 Å². The number of hydrogen-bond donors (Lipinski definition) is 0. The number of carbonyl (C=O) groups excluding carboxylic acids is 1. The van der Waals surface area contributed by atoms with E-state index in [1.165, 1.54) is 11.8 Å². The van der Waals surface area contributed by atoms with Crippen LogP contribution in [0.2, 0.25) is 0 Å². The first kappa shape index (κ1) is 9.34. The Bertz CT molecular complexity index is 412. The van der Waals surface area contributed by atoms with Crippen LogP contribution in [0.3, 0.4) is 0 Å². The zero-order valence-corrected chi connectivity index (χ0v) is 8.97. The number of rotatable bonds is 1. The summed E-state index contributed by atoms with van der Waals surface area (Å²) in [6.45, 7) is 1.60. The predicted molar refractivity (Wildman–Crippen MR) is 59.5 cm³/mol. The van der Waals surface area contributed by atoms with Crippen molar-refractivity contribution in [2.75, 3.05) is 11.9 Å². The molecular weight excluding hydrogens is 194 g/mol. The minimum atomic E-state index is 0.122. The summed E-state index contributed by atoms with van der Waals surface area (Å²) in [6, 6.07) is 8.08. The average Bonchev–Trinajstić information content (AvgIpc) is 2.17. The smallest absolute Gasteiger partial charge is 0.167 e. The molecule has 0 saturated carbocycles. The molecule has 0 radical (unpaired) electrons. The minimum absolute atomic E-state index is 0.122. The van der Waals surface area contributed by atoms with Gasteiger partial charge in [-0.15, -0.1) is 0 Å². The molecule has 0 atom stereocenters. The third-order valence-electron chi connectivity index (χ3n) is 2.12. The Morgan fingerprint density at radius 2 is 2.07 bits per heavy atom. The number of fused-ring (bicyclic) bond motifs is 1. The van der Waals surface area contributed by atoms with Crippen LogP contribution < -0.4 is 4.90 Å². The van der Waals surface area contributed by atoms with E-state index in [2.05, 4.69) is 6.07 Å². The first-order valence-electron chi connectivity index (χ1n) is 4.41. The maximum Gasteiger partial charge on any atom is 0.167 e. The van der Waals surface area contributed by atoms with Crippen molar-refractivity contribution in [3.05, 3.63) is 35.4 Å². The lowest BCUT2D eigenvalue weighted by Gasteiger charge is -2.24. The maximum absolute atomic E-state index is 11.2. The Balaban J connectivity index is 2.42. The molecule has 0 fully saturated rings. The van der Waals surface area contributed by atoms with E-state index < -0.39 is 0 Å². The van der Waals surface area contributed by atoms with E-state index in [-0.39, 0.29) is 5.78 Å². The molecule has 2 nitrogen and oxygen atoms in total. The lowest BCUT2D eigenvalue weighted by atomic mass is 10.3. The lowest BCUT2D eigenvalue weighted by molar-refractivity contribution is -0.112. The summed E-state index contributed by atoms with van der Waals surface area (Å²) in [4.78, 5) is 15.2.